The van der Waals surface area contributed by atoms with Crippen LogP contribution in [0.3, 0.4) is 0 Å². The summed E-state index contributed by atoms with van der Waals surface area (Å²) >= 11 is 0. The topological polar surface area (TPSA) is 108 Å². The van der Waals surface area contributed by atoms with Crippen LogP contribution in [0.4, 0.5) is 0 Å². The second-order valence-electron chi connectivity index (χ2n) is 7.18. The van der Waals surface area contributed by atoms with E-state index < -0.39 is 0 Å². The number of hydrogen-bond donors (Lipinski definition) is 1. The average Bonchev–Trinajstić information content (AvgIpc) is 3.18. The fourth-order valence-electron chi connectivity index (χ4n) is 3.04. The van der Waals surface area contributed by atoms with Crippen LogP contribution in [0, 0.1) is 12.8 Å². The molecule has 4 rings (SSSR count). The van der Waals surface area contributed by atoms with Crippen LogP contribution in [-0.2, 0) is 11.2 Å². The van der Waals surface area contributed by atoms with Gasteiger partial charge in [0, 0.05) is 44.7 Å². The monoisotopic (exact) mass is 358 g/mol. The van der Waals surface area contributed by atoms with E-state index in [1.54, 1.807) is 15.9 Å². The molecule has 2 aromatic rings. The SMILES string of the molecule is Cc1cc(C(=O)N2CC(c3nc(CCN(C)C(=O)C4CC4)no3)C2)n[nH]1. The number of rotatable bonds is 6. The Kier molecular flexibility index (Phi) is 4.21. The quantitative estimate of drug-likeness (QED) is 0.816. The van der Waals surface area contributed by atoms with E-state index in [-0.39, 0.29) is 23.7 Å². The number of carbonyl (C=O) groups excluding carboxylic acids is 2. The molecule has 2 aromatic heterocycles. The van der Waals surface area contributed by atoms with E-state index in [9.17, 15) is 9.59 Å². The van der Waals surface area contributed by atoms with Gasteiger partial charge in [0.05, 0.1) is 5.92 Å². The predicted octanol–water partition coefficient (Wildman–Crippen LogP) is 0.752. The Hall–Kier alpha value is -2.71. The van der Waals surface area contributed by atoms with Crippen molar-refractivity contribution in [3.05, 3.63) is 29.2 Å². The number of amides is 2. The van der Waals surface area contributed by atoms with Crippen molar-refractivity contribution in [1.82, 2.24) is 30.1 Å². The number of aryl methyl sites for hydroxylation is 1. The van der Waals surface area contributed by atoms with Crippen molar-refractivity contribution in [2.45, 2.75) is 32.1 Å². The third-order valence-electron chi connectivity index (χ3n) is 4.90. The first-order valence-corrected chi connectivity index (χ1v) is 8.90. The van der Waals surface area contributed by atoms with Gasteiger partial charge in [0.25, 0.3) is 5.91 Å². The van der Waals surface area contributed by atoms with E-state index in [1.807, 2.05) is 14.0 Å². The van der Waals surface area contributed by atoms with Gasteiger partial charge < -0.3 is 14.3 Å². The van der Waals surface area contributed by atoms with E-state index in [0.717, 1.165) is 18.5 Å². The first-order valence-electron chi connectivity index (χ1n) is 8.90. The number of carbonyl (C=O) groups is 2. The van der Waals surface area contributed by atoms with Gasteiger partial charge in [-0.25, -0.2) is 0 Å². The van der Waals surface area contributed by atoms with Crippen LogP contribution in [0.5, 0.6) is 0 Å². The molecule has 2 fully saturated rings. The summed E-state index contributed by atoms with van der Waals surface area (Å²) in [7, 11) is 1.81. The van der Waals surface area contributed by atoms with Crippen molar-refractivity contribution >= 4 is 11.8 Å². The molecule has 3 heterocycles. The van der Waals surface area contributed by atoms with E-state index in [0.29, 0.717) is 43.5 Å². The molecule has 0 unspecified atom stereocenters. The summed E-state index contributed by atoms with van der Waals surface area (Å²) in [5, 5.41) is 10.8. The van der Waals surface area contributed by atoms with Gasteiger partial charge in [-0.05, 0) is 25.8 Å². The van der Waals surface area contributed by atoms with Crippen LogP contribution >= 0.6 is 0 Å². The van der Waals surface area contributed by atoms with Gasteiger partial charge in [-0.2, -0.15) is 10.1 Å². The van der Waals surface area contributed by atoms with Crippen LogP contribution in [0.25, 0.3) is 0 Å². The minimum Gasteiger partial charge on any atom is -0.345 e. The second-order valence-corrected chi connectivity index (χ2v) is 7.18. The maximum atomic E-state index is 12.3. The largest absolute Gasteiger partial charge is 0.345 e. The van der Waals surface area contributed by atoms with Crippen LogP contribution in [0.1, 0.15) is 46.7 Å². The van der Waals surface area contributed by atoms with Crippen LogP contribution in [0.2, 0.25) is 0 Å². The Labute approximate surface area is 150 Å². The number of aromatic amines is 1. The Balaban J connectivity index is 1.26. The molecule has 0 spiro atoms. The zero-order chi connectivity index (χ0) is 18.3. The first-order chi connectivity index (χ1) is 12.5. The minimum atomic E-state index is -0.0921. The molecule has 9 nitrogen and oxygen atoms in total. The highest BCUT2D eigenvalue weighted by Gasteiger charge is 2.37. The lowest BCUT2D eigenvalue weighted by Crippen LogP contribution is -2.48. The van der Waals surface area contributed by atoms with E-state index in [1.165, 1.54) is 0 Å². The molecule has 2 aliphatic rings. The Morgan fingerprint density at radius 2 is 2.15 bits per heavy atom. The van der Waals surface area contributed by atoms with Crippen molar-refractivity contribution < 1.29 is 14.1 Å². The molecule has 138 valence electrons. The average molecular weight is 358 g/mol. The number of likely N-dealkylation sites (N-methyl/N-ethyl adjacent to an activating group) is 1. The number of nitrogens with one attached hydrogen (secondary N) is 1. The summed E-state index contributed by atoms with van der Waals surface area (Å²) in [6.07, 6.45) is 2.58. The molecule has 0 atom stereocenters. The molecule has 9 heteroatoms. The van der Waals surface area contributed by atoms with Gasteiger partial charge in [0.2, 0.25) is 11.8 Å². The molecule has 0 bridgehead atoms. The van der Waals surface area contributed by atoms with Gasteiger partial charge in [0.15, 0.2) is 5.82 Å². The summed E-state index contributed by atoms with van der Waals surface area (Å²) in [5.41, 5.74) is 1.28. The fraction of sp³-hybridized carbons (Fsp3) is 0.588. The molecule has 0 radical (unpaired) electrons. The van der Waals surface area contributed by atoms with E-state index >= 15 is 0 Å². The van der Waals surface area contributed by atoms with Gasteiger partial charge in [-0.15, -0.1) is 0 Å². The highest BCUT2D eigenvalue weighted by molar-refractivity contribution is 5.93. The summed E-state index contributed by atoms with van der Waals surface area (Å²) in [4.78, 5) is 32.1. The Morgan fingerprint density at radius 3 is 2.81 bits per heavy atom. The molecule has 0 aromatic carbocycles. The predicted molar refractivity (Wildman–Crippen MR) is 90.3 cm³/mol. The maximum Gasteiger partial charge on any atom is 0.274 e. The first kappa shape index (κ1) is 16.7. The Morgan fingerprint density at radius 1 is 1.38 bits per heavy atom. The summed E-state index contributed by atoms with van der Waals surface area (Å²) in [5.74, 6) is 1.55. The van der Waals surface area contributed by atoms with Gasteiger partial charge >= 0.3 is 0 Å². The molecule has 1 saturated carbocycles. The minimum absolute atomic E-state index is 0.0612. The molecular formula is C17H22N6O3. The van der Waals surface area contributed by atoms with Gasteiger partial charge in [-0.3, -0.25) is 14.7 Å². The molecule has 26 heavy (non-hydrogen) atoms. The number of aromatic nitrogens is 4. The summed E-state index contributed by atoms with van der Waals surface area (Å²) in [6, 6.07) is 1.74. The van der Waals surface area contributed by atoms with Crippen LogP contribution in [-0.4, -0.2) is 68.6 Å². The molecule has 1 saturated heterocycles. The lowest BCUT2D eigenvalue weighted by molar-refractivity contribution is -0.131. The maximum absolute atomic E-state index is 12.3. The summed E-state index contributed by atoms with van der Waals surface area (Å²) in [6.45, 7) is 3.54. The number of H-pyrrole nitrogens is 1. The van der Waals surface area contributed by atoms with E-state index in [4.69, 9.17) is 4.52 Å². The van der Waals surface area contributed by atoms with Gasteiger partial charge in [-0.1, -0.05) is 5.16 Å². The normalized spacial score (nSPS) is 17.2. The van der Waals surface area contributed by atoms with Crippen molar-refractivity contribution in [1.29, 1.82) is 0 Å². The smallest absolute Gasteiger partial charge is 0.274 e. The number of nitrogens with zero attached hydrogens (tertiary/aromatic N) is 5. The lowest BCUT2D eigenvalue weighted by Gasteiger charge is -2.36. The van der Waals surface area contributed by atoms with Crippen LogP contribution < -0.4 is 0 Å². The zero-order valence-electron chi connectivity index (χ0n) is 14.9. The highest BCUT2D eigenvalue weighted by atomic mass is 16.5. The third-order valence-corrected chi connectivity index (χ3v) is 4.90. The molecular weight excluding hydrogens is 336 g/mol. The molecule has 2 amide bonds. The standard InChI is InChI=1S/C17H22N6O3/c1-10-7-13(20-19-10)17(25)23-8-12(9-23)15-18-14(21-26-15)5-6-22(2)16(24)11-3-4-11/h7,11-12H,3-6,8-9H2,1-2H3,(H,19,20). The third kappa shape index (κ3) is 3.33. The molecule has 1 N–H and O–H groups in total. The van der Waals surface area contributed by atoms with Crippen molar-refractivity contribution in [3.63, 3.8) is 0 Å². The van der Waals surface area contributed by atoms with Crippen molar-refractivity contribution in [2.24, 2.45) is 5.92 Å². The molecule has 1 aliphatic heterocycles. The number of likely N-dealkylation sites (tertiary alicyclic amines) is 1. The lowest BCUT2D eigenvalue weighted by atomic mass is 9.99. The van der Waals surface area contributed by atoms with Crippen molar-refractivity contribution in [2.75, 3.05) is 26.7 Å². The second kappa shape index (κ2) is 6.54. The zero-order valence-corrected chi connectivity index (χ0v) is 14.9. The number of hydrogen-bond acceptors (Lipinski definition) is 6. The fourth-order valence-corrected chi connectivity index (χ4v) is 3.04. The van der Waals surface area contributed by atoms with Crippen molar-refractivity contribution in [3.8, 4) is 0 Å². The Bertz CT molecular complexity index is 818. The highest BCUT2D eigenvalue weighted by Crippen LogP contribution is 2.30. The van der Waals surface area contributed by atoms with Gasteiger partial charge in [0.1, 0.15) is 5.69 Å². The van der Waals surface area contributed by atoms with Crippen LogP contribution in [0.15, 0.2) is 10.6 Å². The van der Waals surface area contributed by atoms with E-state index in [2.05, 4.69) is 20.3 Å². The molecule has 1 aliphatic carbocycles. The summed E-state index contributed by atoms with van der Waals surface area (Å²) < 4.78 is 5.33.